The van der Waals surface area contributed by atoms with Crippen LogP contribution in [0.25, 0.3) is 21.5 Å². The molecule has 0 aliphatic heterocycles. The molecule has 8 heteroatoms. The maximum atomic E-state index is 12.4. The lowest BCUT2D eigenvalue weighted by atomic mass is 9.90. The van der Waals surface area contributed by atoms with Crippen molar-refractivity contribution in [2.24, 2.45) is 0 Å². The second-order valence-electron chi connectivity index (χ2n) is 9.86. The SMILES string of the molecule is COc1ccc2cc(C(C)C(=O)OCCO)ccc2c1Cc1c(OC)ccc2cc(C(C)C(=O)OCCO)ccc12. The summed E-state index contributed by atoms with van der Waals surface area (Å²) >= 11 is 0. The first kappa shape index (κ1) is 29.8. The topological polar surface area (TPSA) is 112 Å². The number of ether oxygens (including phenoxy) is 4. The highest BCUT2D eigenvalue weighted by Crippen LogP contribution is 2.37. The van der Waals surface area contributed by atoms with Gasteiger partial charge in [-0.15, -0.1) is 0 Å². The molecule has 4 aromatic rings. The van der Waals surface area contributed by atoms with Gasteiger partial charge in [-0.25, -0.2) is 0 Å². The monoisotopic (exact) mass is 560 g/mol. The number of aliphatic hydroxyl groups excluding tert-OH is 2. The summed E-state index contributed by atoms with van der Waals surface area (Å²) in [4.78, 5) is 24.8. The average molecular weight is 561 g/mol. The van der Waals surface area contributed by atoms with Crippen molar-refractivity contribution in [2.75, 3.05) is 40.6 Å². The molecule has 8 nitrogen and oxygen atoms in total. The fourth-order valence-corrected chi connectivity index (χ4v) is 5.06. The summed E-state index contributed by atoms with van der Waals surface area (Å²) in [6.45, 7) is 3.09. The van der Waals surface area contributed by atoms with Crippen LogP contribution >= 0.6 is 0 Å². The molecule has 4 rings (SSSR count). The Balaban J connectivity index is 1.75. The van der Waals surface area contributed by atoms with E-state index < -0.39 is 11.8 Å². The summed E-state index contributed by atoms with van der Waals surface area (Å²) in [5, 5.41) is 21.8. The molecule has 41 heavy (non-hydrogen) atoms. The third-order valence-corrected chi connectivity index (χ3v) is 7.40. The van der Waals surface area contributed by atoms with E-state index in [1.54, 1.807) is 28.1 Å². The molecule has 0 saturated carbocycles. The third-order valence-electron chi connectivity index (χ3n) is 7.40. The van der Waals surface area contributed by atoms with E-state index >= 15 is 0 Å². The minimum absolute atomic E-state index is 0.0286. The molecule has 0 bridgehead atoms. The molecule has 0 spiro atoms. The van der Waals surface area contributed by atoms with Crippen LogP contribution < -0.4 is 9.47 Å². The number of carbonyl (C=O) groups is 2. The van der Waals surface area contributed by atoms with Gasteiger partial charge in [-0.1, -0.05) is 48.5 Å². The van der Waals surface area contributed by atoms with Crippen LogP contribution in [0.5, 0.6) is 11.5 Å². The molecule has 0 heterocycles. The Kier molecular flexibility index (Phi) is 9.81. The van der Waals surface area contributed by atoms with Crippen molar-refractivity contribution >= 4 is 33.5 Å². The van der Waals surface area contributed by atoms with Crippen molar-refractivity contribution in [3.63, 3.8) is 0 Å². The van der Waals surface area contributed by atoms with Gasteiger partial charge in [-0.05, 0) is 58.7 Å². The first-order valence-electron chi connectivity index (χ1n) is 13.6. The van der Waals surface area contributed by atoms with E-state index in [0.29, 0.717) is 6.42 Å². The van der Waals surface area contributed by atoms with Crippen molar-refractivity contribution in [1.82, 2.24) is 0 Å². The van der Waals surface area contributed by atoms with Crippen LogP contribution in [0, 0.1) is 0 Å². The number of hydrogen-bond donors (Lipinski definition) is 2. The number of rotatable bonds is 12. The molecule has 4 aromatic carbocycles. The van der Waals surface area contributed by atoms with E-state index in [0.717, 1.165) is 55.3 Å². The highest BCUT2D eigenvalue weighted by Gasteiger charge is 2.21. The lowest BCUT2D eigenvalue weighted by molar-refractivity contribution is -0.146. The quantitative estimate of drug-likeness (QED) is 0.236. The molecule has 0 aromatic heterocycles. The number of methoxy groups -OCH3 is 2. The molecule has 2 atom stereocenters. The van der Waals surface area contributed by atoms with Crippen molar-refractivity contribution in [3.8, 4) is 11.5 Å². The van der Waals surface area contributed by atoms with Crippen molar-refractivity contribution in [2.45, 2.75) is 32.1 Å². The first-order chi connectivity index (χ1) is 19.8. The van der Waals surface area contributed by atoms with Gasteiger partial charge < -0.3 is 29.2 Å². The molecule has 0 saturated heterocycles. The zero-order valence-electron chi connectivity index (χ0n) is 23.8. The predicted molar refractivity (Wildman–Crippen MR) is 157 cm³/mol. The number of aliphatic hydroxyl groups is 2. The molecule has 2 unspecified atom stereocenters. The van der Waals surface area contributed by atoms with E-state index in [4.69, 9.17) is 29.2 Å². The molecule has 0 amide bonds. The number of carbonyl (C=O) groups excluding carboxylic acids is 2. The van der Waals surface area contributed by atoms with Gasteiger partial charge in [0.15, 0.2) is 0 Å². The normalized spacial score (nSPS) is 12.6. The number of esters is 2. The fourth-order valence-electron chi connectivity index (χ4n) is 5.06. The summed E-state index contributed by atoms with van der Waals surface area (Å²) in [6.07, 6.45) is 0.516. The second kappa shape index (κ2) is 13.5. The number of hydrogen-bond acceptors (Lipinski definition) is 8. The van der Waals surface area contributed by atoms with Crippen molar-refractivity contribution in [1.29, 1.82) is 0 Å². The van der Waals surface area contributed by atoms with Crippen LogP contribution in [0.1, 0.15) is 47.9 Å². The molecular weight excluding hydrogens is 524 g/mol. The van der Waals surface area contributed by atoms with Crippen LogP contribution in [0.3, 0.4) is 0 Å². The molecule has 0 fully saturated rings. The van der Waals surface area contributed by atoms with E-state index in [-0.39, 0.29) is 38.4 Å². The van der Waals surface area contributed by atoms with E-state index in [1.807, 2.05) is 60.7 Å². The van der Waals surface area contributed by atoms with Crippen molar-refractivity contribution < 1.29 is 38.7 Å². The second-order valence-corrected chi connectivity index (χ2v) is 9.86. The van der Waals surface area contributed by atoms with Gasteiger partial charge in [0.2, 0.25) is 0 Å². The molecule has 2 N–H and O–H groups in total. The van der Waals surface area contributed by atoms with Crippen LogP contribution in [0.4, 0.5) is 0 Å². The molecule has 0 radical (unpaired) electrons. The third kappa shape index (κ3) is 6.45. The Morgan fingerprint density at radius 3 is 1.44 bits per heavy atom. The summed E-state index contributed by atoms with van der Waals surface area (Å²) in [5.74, 6) is -0.265. The average Bonchev–Trinajstić information content (AvgIpc) is 3.01. The van der Waals surface area contributed by atoms with Gasteiger partial charge in [-0.3, -0.25) is 9.59 Å². The Labute approximate surface area is 239 Å². The minimum atomic E-state index is -0.479. The number of benzene rings is 4. The first-order valence-corrected chi connectivity index (χ1v) is 13.6. The van der Waals surface area contributed by atoms with E-state index in [2.05, 4.69) is 0 Å². The van der Waals surface area contributed by atoms with Gasteiger partial charge >= 0.3 is 11.9 Å². The zero-order chi connectivity index (χ0) is 29.5. The maximum absolute atomic E-state index is 12.4. The maximum Gasteiger partial charge on any atom is 0.313 e. The summed E-state index contributed by atoms with van der Waals surface area (Å²) in [7, 11) is 3.28. The highest BCUT2D eigenvalue weighted by atomic mass is 16.5. The zero-order valence-corrected chi connectivity index (χ0v) is 23.8. The largest absolute Gasteiger partial charge is 0.496 e. The highest BCUT2D eigenvalue weighted by molar-refractivity contribution is 5.93. The van der Waals surface area contributed by atoms with Crippen LogP contribution in [0.15, 0.2) is 60.7 Å². The smallest absolute Gasteiger partial charge is 0.313 e. The summed E-state index contributed by atoms with van der Waals surface area (Å²) in [6, 6.07) is 19.6. The molecular formula is C33H36O8. The Morgan fingerprint density at radius 1 is 0.659 bits per heavy atom. The Morgan fingerprint density at radius 2 is 1.07 bits per heavy atom. The van der Waals surface area contributed by atoms with E-state index in [9.17, 15) is 9.59 Å². The van der Waals surface area contributed by atoms with Crippen molar-refractivity contribution in [3.05, 3.63) is 82.9 Å². The van der Waals surface area contributed by atoms with Crippen LogP contribution in [-0.4, -0.2) is 62.8 Å². The lowest BCUT2D eigenvalue weighted by Gasteiger charge is -2.18. The molecule has 216 valence electrons. The standard InChI is InChI=1S/C33H36O8/c1-20(32(36)40-15-13-34)22-5-9-26-24(17-22)7-11-30(38-3)28(26)19-29-27-10-6-23(21(2)33(37)41-16-14-35)18-25(27)8-12-31(29)39-4/h5-12,17-18,20-21,34-35H,13-16,19H2,1-4H3. The van der Waals surface area contributed by atoms with Gasteiger partial charge in [0.1, 0.15) is 24.7 Å². The fraction of sp³-hybridized carbons (Fsp3) is 0.333. The molecule has 0 aliphatic rings. The lowest BCUT2D eigenvalue weighted by Crippen LogP contribution is -2.15. The summed E-state index contributed by atoms with van der Waals surface area (Å²) in [5.41, 5.74) is 3.59. The predicted octanol–water partition coefficient (Wildman–Crippen LogP) is 4.88. The van der Waals surface area contributed by atoms with Gasteiger partial charge in [0, 0.05) is 17.5 Å². The van der Waals surface area contributed by atoms with Crippen LogP contribution in [0.2, 0.25) is 0 Å². The van der Waals surface area contributed by atoms with Gasteiger partial charge in [0.25, 0.3) is 0 Å². The van der Waals surface area contributed by atoms with Crippen LogP contribution in [-0.2, 0) is 25.5 Å². The van der Waals surface area contributed by atoms with Gasteiger partial charge in [0.05, 0.1) is 39.3 Å². The Bertz CT molecular complexity index is 1430. The number of fused-ring (bicyclic) bond motifs is 2. The molecule has 0 aliphatic carbocycles. The minimum Gasteiger partial charge on any atom is -0.496 e. The summed E-state index contributed by atoms with van der Waals surface area (Å²) < 4.78 is 21.8. The van der Waals surface area contributed by atoms with Gasteiger partial charge in [-0.2, -0.15) is 0 Å². The van der Waals surface area contributed by atoms with E-state index in [1.165, 1.54) is 0 Å². The Hall–Kier alpha value is -4.14.